The first kappa shape index (κ1) is 17.8. The third-order valence-electron chi connectivity index (χ3n) is 3.71. The van der Waals surface area contributed by atoms with Crippen molar-refractivity contribution in [1.82, 2.24) is 0 Å². The molecule has 0 aliphatic heterocycles. The number of carbonyl (C=O) groups excluding carboxylic acids is 1. The zero-order chi connectivity index (χ0) is 14.4. The molecule has 21 heavy (non-hydrogen) atoms. The summed E-state index contributed by atoms with van der Waals surface area (Å²) in [5.41, 5.74) is 6.64. The summed E-state index contributed by atoms with van der Waals surface area (Å²) in [5.74, 6) is 0.928. The monoisotopic (exact) mass is 312 g/mol. The lowest BCUT2D eigenvalue weighted by Crippen LogP contribution is -2.23. The Kier molecular flexibility index (Phi) is 7.54. The van der Waals surface area contributed by atoms with Crippen molar-refractivity contribution in [3.8, 4) is 5.75 Å². The molecule has 5 heteroatoms. The van der Waals surface area contributed by atoms with Gasteiger partial charge in [0, 0.05) is 23.7 Å². The highest BCUT2D eigenvalue weighted by molar-refractivity contribution is 5.92. The average molecular weight is 313 g/mol. The van der Waals surface area contributed by atoms with E-state index in [1.165, 1.54) is 0 Å². The van der Waals surface area contributed by atoms with Gasteiger partial charge in [0.25, 0.3) is 0 Å². The molecule has 0 radical (unpaired) electrons. The summed E-state index contributed by atoms with van der Waals surface area (Å²) in [6.07, 6.45) is 4.77. The fourth-order valence-corrected chi connectivity index (χ4v) is 2.50. The van der Waals surface area contributed by atoms with Crippen LogP contribution in [0.2, 0.25) is 0 Å². The zero-order valence-corrected chi connectivity index (χ0v) is 13.3. The first-order valence-corrected chi connectivity index (χ1v) is 7.48. The van der Waals surface area contributed by atoms with Gasteiger partial charge in [-0.2, -0.15) is 0 Å². The Bertz CT molecular complexity index is 454. The Hall–Kier alpha value is -1.26. The second-order valence-electron chi connectivity index (χ2n) is 5.49. The topological polar surface area (TPSA) is 64.3 Å². The number of nitrogens with one attached hydrogen (secondary N) is 1. The van der Waals surface area contributed by atoms with Gasteiger partial charge in [0.15, 0.2) is 0 Å². The van der Waals surface area contributed by atoms with Gasteiger partial charge in [-0.3, -0.25) is 4.79 Å². The van der Waals surface area contributed by atoms with E-state index < -0.39 is 0 Å². The van der Waals surface area contributed by atoms with Crippen LogP contribution in [0.25, 0.3) is 0 Å². The van der Waals surface area contributed by atoms with Crippen molar-refractivity contribution in [2.75, 3.05) is 11.9 Å². The number of rotatable bonds is 6. The lowest BCUT2D eigenvalue weighted by molar-refractivity contribution is -0.119. The van der Waals surface area contributed by atoms with Gasteiger partial charge in [-0.25, -0.2) is 0 Å². The Labute approximate surface area is 132 Å². The Morgan fingerprint density at radius 1 is 1.43 bits per heavy atom. The van der Waals surface area contributed by atoms with Crippen molar-refractivity contribution in [3.63, 3.8) is 0 Å². The van der Waals surface area contributed by atoms with Gasteiger partial charge < -0.3 is 15.8 Å². The number of hydrogen-bond donors (Lipinski definition) is 2. The number of benzene rings is 1. The van der Waals surface area contributed by atoms with E-state index >= 15 is 0 Å². The number of ether oxygens (including phenoxy) is 1. The molecule has 0 bridgehead atoms. The molecule has 1 saturated carbocycles. The van der Waals surface area contributed by atoms with E-state index in [-0.39, 0.29) is 30.3 Å². The third-order valence-corrected chi connectivity index (χ3v) is 3.71. The van der Waals surface area contributed by atoms with Crippen LogP contribution in [0.4, 0.5) is 5.69 Å². The van der Waals surface area contributed by atoms with E-state index in [0.29, 0.717) is 6.61 Å². The number of nitrogens with two attached hydrogens (primary N) is 1. The number of amides is 1. The normalized spacial score (nSPS) is 20.7. The predicted molar refractivity (Wildman–Crippen MR) is 88.0 cm³/mol. The highest BCUT2D eigenvalue weighted by Crippen LogP contribution is 2.26. The van der Waals surface area contributed by atoms with Crippen LogP contribution in [0.15, 0.2) is 24.3 Å². The maximum absolute atomic E-state index is 12.1. The van der Waals surface area contributed by atoms with E-state index in [9.17, 15) is 4.79 Å². The number of anilines is 1. The van der Waals surface area contributed by atoms with E-state index in [4.69, 9.17) is 10.5 Å². The van der Waals surface area contributed by atoms with Gasteiger partial charge in [0.05, 0.1) is 6.61 Å². The van der Waals surface area contributed by atoms with Crippen molar-refractivity contribution in [2.45, 2.75) is 45.1 Å². The van der Waals surface area contributed by atoms with Gasteiger partial charge in [0.2, 0.25) is 5.91 Å². The molecule has 0 aromatic heterocycles. The molecule has 0 heterocycles. The van der Waals surface area contributed by atoms with Crippen LogP contribution in [-0.4, -0.2) is 18.6 Å². The summed E-state index contributed by atoms with van der Waals surface area (Å²) in [4.78, 5) is 12.1. The van der Waals surface area contributed by atoms with Crippen molar-refractivity contribution in [2.24, 2.45) is 11.7 Å². The summed E-state index contributed by atoms with van der Waals surface area (Å²) in [5, 5.41) is 2.96. The molecule has 4 nitrogen and oxygen atoms in total. The Balaban J connectivity index is 0.00000220. The second-order valence-corrected chi connectivity index (χ2v) is 5.49. The van der Waals surface area contributed by atoms with E-state index in [1.54, 1.807) is 0 Å². The Morgan fingerprint density at radius 3 is 2.90 bits per heavy atom. The fraction of sp³-hybridized carbons (Fsp3) is 0.562. The summed E-state index contributed by atoms with van der Waals surface area (Å²) in [7, 11) is 0. The highest BCUT2D eigenvalue weighted by Gasteiger charge is 2.27. The minimum Gasteiger partial charge on any atom is -0.494 e. The molecule has 118 valence electrons. The van der Waals surface area contributed by atoms with Crippen molar-refractivity contribution in [1.29, 1.82) is 0 Å². The van der Waals surface area contributed by atoms with Crippen molar-refractivity contribution < 1.29 is 9.53 Å². The number of hydrogen-bond acceptors (Lipinski definition) is 3. The number of halogens is 1. The number of carbonyl (C=O) groups is 1. The molecular formula is C16H25ClN2O2. The van der Waals surface area contributed by atoms with Crippen molar-refractivity contribution in [3.05, 3.63) is 24.3 Å². The molecule has 0 saturated heterocycles. The van der Waals surface area contributed by atoms with Crippen LogP contribution in [0.3, 0.4) is 0 Å². The minimum absolute atomic E-state index is 0. The first-order chi connectivity index (χ1) is 9.69. The van der Waals surface area contributed by atoms with Gasteiger partial charge in [-0.15, -0.1) is 12.4 Å². The SMILES string of the molecule is CCCCOc1cccc(NC(=O)C2CCC(N)C2)c1.Cl. The fourth-order valence-electron chi connectivity index (χ4n) is 2.50. The van der Waals surface area contributed by atoms with E-state index in [2.05, 4.69) is 12.2 Å². The lowest BCUT2D eigenvalue weighted by atomic mass is 10.1. The van der Waals surface area contributed by atoms with Crippen molar-refractivity contribution >= 4 is 24.0 Å². The molecule has 1 fully saturated rings. The first-order valence-electron chi connectivity index (χ1n) is 7.48. The summed E-state index contributed by atoms with van der Waals surface area (Å²) in [6.45, 7) is 2.84. The van der Waals surface area contributed by atoms with Crippen LogP contribution in [0.5, 0.6) is 5.75 Å². The van der Waals surface area contributed by atoms with Crippen LogP contribution in [0, 0.1) is 5.92 Å². The Morgan fingerprint density at radius 2 is 2.24 bits per heavy atom. The minimum atomic E-state index is 0. The van der Waals surface area contributed by atoms with Gasteiger partial charge >= 0.3 is 0 Å². The van der Waals surface area contributed by atoms with Gasteiger partial charge in [-0.05, 0) is 37.8 Å². The lowest BCUT2D eigenvalue weighted by Gasteiger charge is -2.12. The molecule has 2 unspecified atom stereocenters. The van der Waals surface area contributed by atoms with Gasteiger partial charge in [-0.1, -0.05) is 19.4 Å². The van der Waals surface area contributed by atoms with Gasteiger partial charge in [0.1, 0.15) is 5.75 Å². The van der Waals surface area contributed by atoms with E-state index in [0.717, 1.165) is 43.5 Å². The predicted octanol–water partition coefficient (Wildman–Crippen LogP) is 3.35. The second kappa shape index (κ2) is 8.90. The molecule has 1 aromatic carbocycles. The van der Waals surface area contributed by atoms with Crippen LogP contribution < -0.4 is 15.8 Å². The highest BCUT2D eigenvalue weighted by atomic mass is 35.5. The maximum atomic E-state index is 12.1. The van der Waals surface area contributed by atoms with Crippen LogP contribution in [0.1, 0.15) is 39.0 Å². The van der Waals surface area contributed by atoms with Crippen LogP contribution >= 0.6 is 12.4 Å². The molecule has 2 rings (SSSR count). The summed E-state index contributed by atoms with van der Waals surface area (Å²) >= 11 is 0. The molecule has 0 spiro atoms. The third kappa shape index (κ3) is 5.56. The summed E-state index contributed by atoms with van der Waals surface area (Å²) < 4.78 is 5.64. The zero-order valence-electron chi connectivity index (χ0n) is 12.5. The van der Waals surface area contributed by atoms with Crippen LogP contribution in [-0.2, 0) is 4.79 Å². The largest absolute Gasteiger partial charge is 0.494 e. The van der Waals surface area contributed by atoms with E-state index in [1.807, 2.05) is 24.3 Å². The number of unbranched alkanes of at least 4 members (excludes halogenated alkanes) is 1. The standard InChI is InChI=1S/C16H24N2O2.ClH/c1-2-3-9-20-15-6-4-5-14(11-15)18-16(19)12-7-8-13(17)10-12;/h4-6,11-13H,2-3,7-10,17H2,1H3,(H,18,19);1H. The molecule has 3 N–H and O–H groups in total. The molecule has 1 amide bonds. The molecule has 1 aliphatic carbocycles. The smallest absolute Gasteiger partial charge is 0.227 e. The molecule has 1 aliphatic rings. The summed E-state index contributed by atoms with van der Waals surface area (Å²) in [6, 6.07) is 7.75. The molecule has 1 aromatic rings. The maximum Gasteiger partial charge on any atom is 0.227 e. The molecule has 2 atom stereocenters. The average Bonchev–Trinajstić information content (AvgIpc) is 2.86. The quantitative estimate of drug-likeness (QED) is 0.792. The molecular weight excluding hydrogens is 288 g/mol.